The fourth-order valence-electron chi connectivity index (χ4n) is 2.46. The van der Waals surface area contributed by atoms with Crippen molar-refractivity contribution in [3.05, 3.63) is 17.8 Å². The number of nitrogens with one attached hydrogen (secondary N) is 1. The number of rotatable bonds is 3. The minimum Gasteiger partial charge on any atom is -0.351 e. The maximum Gasteiger partial charge on any atom is 0.151 e. The van der Waals surface area contributed by atoms with E-state index in [0.29, 0.717) is 6.04 Å². The van der Waals surface area contributed by atoms with Crippen molar-refractivity contribution in [2.75, 3.05) is 25.0 Å². The minimum absolute atomic E-state index is 0.0704. The molecule has 2 heterocycles. The van der Waals surface area contributed by atoms with Crippen LogP contribution >= 0.6 is 0 Å². The van der Waals surface area contributed by atoms with Crippen molar-refractivity contribution in [1.29, 1.82) is 0 Å². The molecule has 0 bridgehead atoms. The Morgan fingerprint density at radius 1 is 1.33 bits per heavy atom. The van der Waals surface area contributed by atoms with Gasteiger partial charge in [0.2, 0.25) is 0 Å². The van der Waals surface area contributed by atoms with Crippen LogP contribution in [-0.4, -0.2) is 36.4 Å². The third-order valence-electron chi connectivity index (χ3n) is 3.53. The molecule has 1 aromatic rings. The lowest BCUT2D eigenvalue weighted by Gasteiger charge is -2.26. The molecule has 2 rings (SSSR count). The second-order valence-electron chi connectivity index (χ2n) is 6.07. The molecular formula is C14H24N4. The van der Waals surface area contributed by atoms with Gasteiger partial charge in [0, 0.05) is 24.5 Å². The molecule has 0 aromatic carbocycles. The molecular weight excluding hydrogens is 224 g/mol. The predicted octanol–water partition coefficient (Wildman–Crippen LogP) is 1.96. The molecule has 18 heavy (non-hydrogen) atoms. The molecule has 1 atom stereocenters. The summed E-state index contributed by atoms with van der Waals surface area (Å²) < 4.78 is 0. The van der Waals surface area contributed by atoms with Gasteiger partial charge in [0.05, 0.1) is 5.69 Å². The Kier molecular flexibility index (Phi) is 3.85. The van der Waals surface area contributed by atoms with Crippen molar-refractivity contribution in [3.8, 4) is 0 Å². The fraction of sp³-hybridized carbons (Fsp3) is 0.714. The first-order chi connectivity index (χ1) is 8.52. The van der Waals surface area contributed by atoms with Crippen LogP contribution in [0.3, 0.4) is 0 Å². The van der Waals surface area contributed by atoms with Crippen molar-refractivity contribution in [2.45, 2.75) is 45.1 Å². The van der Waals surface area contributed by atoms with Gasteiger partial charge in [-0.15, -0.1) is 5.10 Å². The van der Waals surface area contributed by atoms with Gasteiger partial charge in [-0.3, -0.25) is 0 Å². The average Bonchev–Trinajstić information content (AvgIpc) is 2.77. The predicted molar refractivity (Wildman–Crippen MR) is 75.0 cm³/mol. The van der Waals surface area contributed by atoms with Crippen LogP contribution in [0.4, 0.5) is 5.82 Å². The summed E-state index contributed by atoms with van der Waals surface area (Å²) in [5.41, 5.74) is 1.12. The molecule has 100 valence electrons. The first-order valence-electron chi connectivity index (χ1n) is 6.78. The average molecular weight is 248 g/mol. The summed E-state index contributed by atoms with van der Waals surface area (Å²) in [4.78, 5) is 2.37. The number of anilines is 1. The Balaban J connectivity index is 2.14. The van der Waals surface area contributed by atoms with Gasteiger partial charge in [-0.2, -0.15) is 5.10 Å². The molecule has 0 spiro atoms. The Labute approximate surface area is 110 Å². The number of nitrogens with zero attached hydrogens (tertiary/aromatic N) is 3. The van der Waals surface area contributed by atoms with Gasteiger partial charge < -0.3 is 10.2 Å². The van der Waals surface area contributed by atoms with Crippen LogP contribution in [0.1, 0.15) is 39.3 Å². The summed E-state index contributed by atoms with van der Waals surface area (Å²) in [6.07, 6.45) is 2.48. The molecule has 0 saturated carbocycles. The lowest BCUT2D eigenvalue weighted by molar-refractivity contribution is 0.555. The Bertz CT molecular complexity index is 380. The molecule has 1 aliphatic rings. The molecule has 1 fully saturated rings. The zero-order chi connectivity index (χ0) is 13.2. The molecule has 1 saturated heterocycles. The van der Waals surface area contributed by atoms with Crippen molar-refractivity contribution in [1.82, 2.24) is 15.5 Å². The van der Waals surface area contributed by atoms with Gasteiger partial charge in [-0.1, -0.05) is 20.8 Å². The fourth-order valence-corrected chi connectivity index (χ4v) is 2.46. The van der Waals surface area contributed by atoms with Crippen LogP contribution in [0, 0.1) is 0 Å². The van der Waals surface area contributed by atoms with Gasteiger partial charge >= 0.3 is 0 Å². The van der Waals surface area contributed by atoms with E-state index in [1.54, 1.807) is 0 Å². The van der Waals surface area contributed by atoms with Gasteiger partial charge in [-0.25, -0.2) is 0 Å². The minimum atomic E-state index is 0.0704. The van der Waals surface area contributed by atoms with Crippen molar-refractivity contribution in [2.24, 2.45) is 0 Å². The van der Waals surface area contributed by atoms with E-state index in [2.05, 4.69) is 53.3 Å². The van der Waals surface area contributed by atoms with Gasteiger partial charge in [-0.05, 0) is 32.0 Å². The largest absolute Gasteiger partial charge is 0.351 e. The number of likely N-dealkylation sites (N-methyl/N-ethyl adjacent to an activating group) is 1. The highest BCUT2D eigenvalue weighted by atomic mass is 15.3. The quantitative estimate of drug-likeness (QED) is 0.888. The van der Waals surface area contributed by atoms with Gasteiger partial charge in [0.1, 0.15) is 0 Å². The molecule has 1 N–H and O–H groups in total. The Morgan fingerprint density at radius 2 is 2.11 bits per heavy atom. The van der Waals surface area contributed by atoms with E-state index >= 15 is 0 Å². The number of hydrogen-bond donors (Lipinski definition) is 1. The van der Waals surface area contributed by atoms with E-state index in [4.69, 9.17) is 0 Å². The van der Waals surface area contributed by atoms with E-state index in [9.17, 15) is 0 Å². The highest BCUT2D eigenvalue weighted by Crippen LogP contribution is 2.25. The Morgan fingerprint density at radius 3 is 2.67 bits per heavy atom. The van der Waals surface area contributed by atoms with Crippen molar-refractivity contribution < 1.29 is 0 Å². The second-order valence-corrected chi connectivity index (χ2v) is 6.07. The SMILES string of the molecule is CNCC1CCCN1c1ccc(C(C)(C)C)nn1. The summed E-state index contributed by atoms with van der Waals surface area (Å²) in [6.45, 7) is 8.60. The van der Waals surface area contributed by atoms with E-state index in [1.807, 2.05) is 7.05 Å². The molecule has 0 radical (unpaired) electrons. The van der Waals surface area contributed by atoms with Crippen LogP contribution < -0.4 is 10.2 Å². The second kappa shape index (κ2) is 5.22. The lowest BCUT2D eigenvalue weighted by atomic mass is 9.92. The first-order valence-corrected chi connectivity index (χ1v) is 6.78. The third kappa shape index (κ3) is 2.80. The maximum atomic E-state index is 4.41. The van der Waals surface area contributed by atoms with Crippen LogP contribution in [0.2, 0.25) is 0 Å². The number of aromatic nitrogens is 2. The molecule has 1 aromatic heterocycles. The summed E-state index contributed by atoms with van der Waals surface area (Å²) in [7, 11) is 2.00. The highest BCUT2D eigenvalue weighted by Gasteiger charge is 2.25. The van der Waals surface area contributed by atoms with E-state index in [-0.39, 0.29) is 5.41 Å². The molecule has 0 amide bonds. The standard InChI is InChI=1S/C14H24N4/c1-14(2,3)12-7-8-13(17-16-12)18-9-5-6-11(18)10-15-4/h7-8,11,15H,5-6,9-10H2,1-4H3. The molecule has 1 aliphatic heterocycles. The lowest BCUT2D eigenvalue weighted by Crippen LogP contribution is -2.37. The maximum absolute atomic E-state index is 4.41. The van der Waals surface area contributed by atoms with Gasteiger partial charge in [0.25, 0.3) is 0 Å². The monoisotopic (exact) mass is 248 g/mol. The van der Waals surface area contributed by atoms with E-state index < -0.39 is 0 Å². The van der Waals surface area contributed by atoms with Crippen LogP contribution in [0.15, 0.2) is 12.1 Å². The van der Waals surface area contributed by atoms with Crippen molar-refractivity contribution >= 4 is 5.82 Å². The summed E-state index contributed by atoms with van der Waals surface area (Å²) in [6, 6.07) is 4.78. The summed E-state index contributed by atoms with van der Waals surface area (Å²) in [5, 5.41) is 12.0. The van der Waals surface area contributed by atoms with Crippen molar-refractivity contribution in [3.63, 3.8) is 0 Å². The molecule has 4 heteroatoms. The summed E-state index contributed by atoms with van der Waals surface area (Å²) >= 11 is 0. The normalized spacial score (nSPS) is 20.4. The zero-order valence-corrected chi connectivity index (χ0v) is 11.9. The highest BCUT2D eigenvalue weighted by molar-refractivity contribution is 5.40. The topological polar surface area (TPSA) is 41.0 Å². The van der Waals surface area contributed by atoms with E-state index in [1.165, 1.54) is 12.8 Å². The zero-order valence-electron chi connectivity index (χ0n) is 11.9. The van der Waals surface area contributed by atoms with E-state index in [0.717, 1.165) is 24.6 Å². The molecule has 0 aliphatic carbocycles. The third-order valence-corrected chi connectivity index (χ3v) is 3.53. The molecule has 1 unspecified atom stereocenters. The molecule has 4 nitrogen and oxygen atoms in total. The Hall–Kier alpha value is -1.16. The van der Waals surface area contributed by atoms with Crippen LogP contribution in [0.5, 0.6) is 0 Å². The van der Waals surface area contributed by atoms with Gasteiger partial charge in [0.15, 0.2) is 5.82 Å². The van der Waals surface area contributed by atoms with Crippen LogP contribution in [-0.2, 0) is 5.41 Å². The first kappa shape index (κ1) is 13.3. The van der Waals surface area contributed by atoms with Crippen LogP contribution in [0.25, 0.3) is 0 Å². The number of hydrogen-bond acceptors (Lipinski definition) is 4. The smallest absolute Gasteiger partial charge is 0.151 e. The summed E-state index contributed by atoms with van der Waals surface area (Å²) in [5.74, 6) is 1.01.